The number of aliphatic hydroxyl groups excluding tert-OH is 1. The molecule has 4 nitrogen and oxygen atoms in total. The number of carboxylic acid groups (broad SMARTS) is 1. The van der Waals surface area contributed by atoms with E-state index in [1.807, 2.05) is 19.1 Å². The quantitative estimate of drug-likeness (QED) is 0.450. The Morgan fingerprint density at radius 1 is 0.971 bits per heavy atom. The van der Waals surface area contributed by atoms with Crippen LogP contribution in [0.15, 0.2) is 23.8 Å². The summed E-state index contributed by atoms with van der Waals surface area (Å²) in [7, 11) is 0. The number of allylic oxidation sites excluding steroid dienone is 3. The van der Waals surface area contributed by atoms with E-state index in [2.05, 4.69) is 47.6 Å². The van der Waals surface area contributed by atoms with Gasteiger partial charge in [0.2, 0.25) is 0 Å². The Kier molecular flexibility index (Phi) is 4.90. The monoisotopic (exact) mass is 468 g/mol. The number of rotatable bonds is 1. The van der Waals surface area contributed by atoms with E-state index in [9.17, 15) is 19.8 Å². The molecule has 0 aromatic rings. The first-order valence-electron chi connectivity index (χ1n) is 13.4. The number of carboxylic acids is 1. The van der Waals surface area contributed by atoms with Gasteiger partial charge in [-0.2, -0.15) is 0 Å². The highest BCUT2D eigenvalue weighted by atomic mass is 16.4. The summed E-state index contributed by atoms with van der Waals surface area (Å²) in [6.45, 7) is 15.6. The Morgan fingerprint density at radius 3 is 2.26 bits per heavy atom. The van der Waals surface area contributed by atoms with Crippen LogP contribution in [0.25, 0.3) is 0 Å². The van der Waals surface area contributed by atoms with Gasteiger partial charge in [-0.15, -0.1) is 0 Å². The minimum Gasteiger partial charge on any atom is -0.481 e. The van der Waals surface area contributed by atoms with Crippen molar-refractivity contribution in [1.29, 1.82) is 0 Å². The lowest BCUT2D eigenvalue weighted by molar-refractivity contribution is -0.193. The summed E-state index contributed by atoms with van der Waals surface area (Å²) in [4.78, 5) is 26.4. The number of ketones is 1. The van der Waals surface area contributed by atoms with Crippen molar-refractivity contribution in [3.05, 3.63) is 23.8 Å². The van der Waals surface area contributed by atoms with Crippen LogP contribution in [0, 0.1) is 50.2 Å². The molecular formula is C30H44O4. The maximum Gasteiger partial charge on any atom is 0.309 e. The summed E-state index contributed by atoms with van der Waals surface area (Å²) in [6.07, 6.45) is 11.7. The normalized spacial score (nSPS) is 53.6. The Balaban J connectivity index is 1.66. The molecule has 9 atom stereocenters. The van der Waals surface area contributed by atoms with Crippen LogP contribution in [0.2, 0.25) is 0 Å². The number of carbonyl (C=O) groups is 2. The van der Waals surface area contributed by atoms with Crippen molar-refractivity contribution in [2.24, 2.45) is 50.2 Å². The van der Waals surface area contributed by atoms with Gasteiger partial charge in [0.1, 0.15) is 0 Å². The van der Waals surface area contributed by atoms with Crippen LogP contribution in [0.3, 0.4) is 0 Å². The smallest absolute Gasteiger partial charge is 0.309 e. The standard InChI is InChI=1S/C30H44O4/c1-25(2)10-9-22(32)30(7)21(25)8-11-29(6)23(30)20(31)16-18-19-17-27(4,24(33)34)13-12-26(19,3)14-15-28(18,29)5/h9-10,16,19,21-23,32H,8,11-15,17H2,1-7H3,(H,33,34)/t19?,21?,22-,23?,26+,27-,28+,29+,30+/m0/s1. The number of hydrogen-bond donors (Lipinski definition) is 2. The second-order valence-corrected chi connectivity index (χ2v) is 14.5. The predicted molar refractivity (Wildman–Crippen MR) is 133 cm³/mol. The fourth-order valence-electron chi connectivity index (χ4n) is 9.90. The first-order valence-corrected chi connectivity index (χ1v) is 13.4. The number of carbonyl (C=O) groups excluding carboxylic acids is 1. The third-order valence-electron chi connectivity index (χ3n) is 12.5. The van der Waals surface area contributed by atoms with Crippen molar-refractivity contribution in [2.75, 3.05) is 0 Å². The molecule has 3 fully saturated rings. The van der Waals surface area contributed by atoms with Gasteiger partial charge in [0, 0.05) is 11.3 Å². The number of aliphatic hydroxyl groups is 1. The van der Waals surface area contributed by atoms with E-state index in [0.717, 1.165) is 32.1 Å². The Labute approximate surface area is 205 Å². The van der Waals surface area contributed by atoms with Gasteiger partial charge in [0.25, 0.3) is 0 Å². The second kappa shape index (κ2) is 6.87. The van der Waals surface area contributed by atoms with Crippen LogP contribution in [0.1, 0.15) is 93.4 Å². The summed E-state index contributed by atoms with van der Waals surface area (Å²) in [6, 6.07) is 0. The average molecular weight is 469 g/mol. The average Bonchev–Trinajstić information content (AvgIpc) is 2.74. The van der Waals surface area contributed by atoms with E-state index in [1.54, 1.807) is 0 Å². The molecule has 5 rings (SSSR count). The predicted octanol–water partition coefficient (Wildman–Crippen LogP) is 6.19. The van der Waals surface area contributed by atoms with Crippen molar-refractivity contribution < 1.29 is 19.8 Å². The molecule has 0 aliphatic heterocycles. The van der Waals surface area contributed by atoms with Crippen LogP contribution in [-0.2, 0) is 9.59 Å². The molecule has 0 spiro atoms. The Bertz CT molecular complexity index is 1010. The van der Waals surface area contributed by atoms with Gasteiger partial charge in [-0.05, 0) is 91.4 Å². The third kappa shape index (κ3) is 2.75. The molecule has 188 valence electrons. The summed E-state index contributed by atoms with van der Waals surface area (Å²) in [5.74, 6) is -0.397. The van der Waals surface area contributed by atoms with E-state index in [-0.39, 0.29) is 45.2 Å². The lowest BCUT2D eigenvalue weighted by Crippen LogP contribution is -2.67. The maximum absolute atomic E-state index is 14.2. The van der Waals surface area contributed by atoms with Crippen molar-refractivity contribution in [3.63, 3.8) is 0 Å². The molecule has 0 heterocycles. The topological polar surface area (TPSA) is 74.6 Å². The lowest BCUT2D eigenvalue weighted by atomic mass is 9.33. The van der Waals surface area contributed by atoms with Crippen LogP contribution in [0.5, 0.6) is 0 Å². The zero-order valence-electron chi connectivity index (χ0n) is 22.2. The molecule has 34 heavy (non-hydrogen) atoms. The fraction of sp³-hybridized carbons (Fsp3) is 0.800. The Morgan fingerprint density at radius 2 is 1.62 bits per heavy atom. The first-order chi connectivity index (χ1) is 15.6. The van der Waals surface area contributed by atoms with Gasteiger partial charge in [-0.25, -0.2) is 0 Å². The zero-order valence-corrected chi connectivity index (χ0v) is 22.2. The molecule has 0 saturated heterocycles. The highest BCUT2D eigenvalue weighted by molar-refractivity contribution is 5.96. The van der Waals surface area contributed by atoms with Crippen LogP contribution in [-0.4, -0.2) is 28.1 Å². The highest BCUT2D eigenvalue weighted by Crippen LogP contribution is 2.74. The third-order valence-corrected chi connectivity index (χ3v) is 12.5. The summed E-state index contributed by atoms with van der Waals surface area (Å²) in [5, 5.41) is 21.4. The summed E-state index contributed by atoms with van der Waals surface area (Å²) in [5.41, 5.74) is -0.429. The molecule has 0 radical (unpaired) electrons. The Hall–Kier alpha value is -1.42. The molecule has 0 aromatic heterocycles. The molecule has 4 heteroatoms. The minimum atomic E-state index is -0.734. The number of fused-ring (bicyclic) bond motifs is 7. The van der Waals surface area contributed by atoms with Gasteiger partial charge in [-0.1, -0.05) is 59.3 Å². The minimum absolute atomic E-state index is 0.0555. The molecular weight excluding hydrogens is 424 g/mol. The molecule has 0 amide bonds. The molecule has 3 unspecified atom stereocenters. The van der Waals surface area contributed by atoms with Crippen molar-refractivity contribution in [2.45, 2.75) is 99.5 Å². The van der Waals surface area contributed by atoms with Gasteiger partial charge in [0.15, 0.2) is 5.78 Å². The molecule has 0 aromatic carbocycles. The molecule has 3 saturated carbocycles. The van der Waals surface area contributed by atoms with E-state index in [0.29, 0.717) is 12.8 Å². The van der Waals surface area contributed by atoms with Gasteiger partial charge in [-0.3, -0.25) is 9.59 Å². The van der Waals surface area contributed by atoms with Gasteiger partial charge >= 0.3 is 5.97 Å². The number of aliphatic carboxylic acids is 1. The molecule has 5 aliphatic rings. The SMILES string of the molecule is CC1(C)C=C[C@H](O)[C@@]2(C)C1CC[C@]1(C)C2C(=O)C=C2C3C[C@@](C)(C(=O)O)CC[C@]3(C)CC[C@]21C. The van der Waals surface area contributed by atoms with E-state index in [4.69, 9.17) is 0 Å². The molecule has 2 N–H and O–H groups in total. The first kappa shape index (κ1) is 24.3. The van der Waals surface area contributed by atoms with Crippen molar-refractivity contribution >= 4 is 11.8 Å². The maximum atomic E-state index is 14.2. The molecule has 0 bridgehead atoms. The van der Waals surface area contributed by atoms with E-state index < -0.39 is 22.9 Å². The van der Waals surface area contributed by atoms with Crippen LogP contribution < -0.4 is 0 Å². The van der Waals surface area contributed by atoms with E-state index >= 15 is 0 Å². The van der Waals surface area contributed by atoms with Gasteiger partial charge < -0.3 is 10.2 Å². The number of hydrogen-bond acceptors (Lipinski definition) is 3. The molecule has 5 aliphatic carbocycles. The van der Waals surface area contributed by atoms with Crippen LogP contribution in [0.4, 0.5) is 0 Å². The fourth-order valence-corrected chi connectivity index (χ4v) is 9.90. The van der Waals surface area contributed by atoms with E-state index in [1.165, 1.54) is 5.57 Å². The zero-order chi connectivity index (χ0) is 25.1. The van der Waals surface area contributed by atoms with Gasteiger partial charge in [0.05, 0.1) is 11.5 Å². The highest BCUT2D eigenvalue weighted by Gasteiger charge is 2.70. The van der Waals surface area contributed by atoms with Crippen molar-refractivity contribution in [1.82, 2.24) is 0 Å². The second-order valence-electron chi connectivity index (χ2n) is 14.5. The van der Waals surface area contributed by atoms with Crippen LogP contribution >= 0.6 is 0 Å². The largest absolute Gasteiger partial charge is 0.481 e. The summed E-state index contributed by atoms with van der Waals surface area (Å²) >= 11 is 0. The summed E-state index contributed by atoms with van der Waals surface area (Å²) < 4.78 is 0. The lowest BCUT2D eigenvalue weighted by Gasteiger charge is -2.70. The van der Waals surface area contributed by atoms with Crippen molar-refractivity contribution in [3.8, 4) is 0 Å².